The van der Waals surface area contributed by atoms with Crippen LogP contribution in [0.5, 0.6) is 0 Å². The van der Waals surface area contributed by atoms with Gasteiger partial charge in [0.05, 0.1) is 5.56 Å². The third-order valence-electron chi connectivity index (χ3n) is 6.88. The van der Waals surface area contributed by atoms with E-state index in [1.165, 1.54) is 29.1 Å². The average Bonchev–Trinajstić information content (AvgIpc) is 2.89. The maximum Gasteiger partial charge on any atom is 0.416 e. The van der Waals surface area contributed by atoms with Crippen LogP contribution in [0.1, 0.15) is 22.7 Å². The first kappa shape index (κ1) is 26.0. The maximum absolute atomic E-state index is 13.1. The fourth-order valence-corrected chi connectivity index (χ4v) is 4.71. The topological polar surface area (TPSA) is 21.8 Å². The number of nitrogens with one attached hydrogen (secondary N) is 1. The van der Waals surface area contributed by atoms with Gasteiger partial charge in [0.1, 0.15) is 0 Å². The summed E-state index contributed by atoms with van der Waals surface area (Å²) >= 11 is 0. The molecule has 1 atom stereocenters. The zero-order chi connectivity index (χ0) is 25.5. The molecule has 7 heteroatoms. The molecule has 1 aliphatic rings. The van der Waals surface area contributed by atoms with Crippen LogP contribution < -0.4 is 15.1 Å². The molecule has 1 aliphatic heterocycles. The second kappa shape index (κ2) is 11.8. The number of benzene rings is 3. The van der Waals surface area contributed by atoms with Gasteiger partial charge in [0.2, 0.25) is 0 Å². The van der Waals surface area contributed by atoms with Crippen molar-refractivity contribution >= 4 is 11.4 Å². The summed E-state index contributed by atoms with van der Waals surface area (Å²) in [5, 5.41) is 3.57. The molecule has 4 rings (SSSR count). The number of piperazine rings is 1. The molecule has 0 aliphatic carbocycles. The minimum absolute atomic E-state index is 0.0151. The molecular weight excluding hydrogens is 461 g/mol. The zero-order valence-electron chi connectivity index (χ0n) is 21.0. The highest BCUT2D eigenvalue weighted by molar-refractivity contribution is 5.47. The van der Waals surface area contributed by atoms with Gasteiger partial charge >= 0.3 is 6.18 Å². The number of halogens is 3. The minimum Gasteiger partial charge on any atom is -0.378 e. The molecule has 0 amide bonds. The van der Waals surface area contributed by atoms with Crippen LogP contribution in [-0.4, -0.2) is 58.3 Å². The summed E-state index contributed by atoms with van der Waals surface area (Å²) in [5.41, 5.74) is 3.95. The van der Waals surface area contributed by atoms with E-state index >= 15 is 0 Å². The van der Waals surface area contributed by atoms with Crippen LogP contribution in [0.2, 0.25) is 0 Å². The van der Waals surface area contributed by atoms with Gasteiger partial charge in [-0.2, -0.15) is 13.2 Å². The highest BCUT2D eigenvalue weighted by atomic mass is 19.4. The molecule has 4 nitrogen and oxygen atoms in total. The first-order valence-electron chi connectivity index (χ1n) is 12.5. The maximum atomic E-state index is 13.1. The van der Waals surface area contributed by atoms with Crippen LogP contribution >= 0.6 is 0 Å². The lowest BCUT2D eigenvalue weighted by atomic mass is 10.0. The molecule has 1 saturated heterocycles. The van der Waals surface area contributed by atoms with E-state index in [4.69, 9.17) is 0 Å². The summed E-state index contributed by atoms with van der Waals surface area (Å²) in [5.74, 6) is 0. The molecule has 1 fully saturated rings. The predicted molar refractivity (Wildman–Crippen MR) is 142 cm³/mol. The molecule has 36 heavy (non-hydrogen) atoms. The molecule has 3 aromatic rings. The summed E-state index contributed by atoms with van der Waals surface area (Å²) in [4.78, 5) is 6.83. The van der Waals surface area contributed by atoms with Gasteiger partial charge in [-0.05, 0) is 60.5 Å². The van der Waals surface area contributed by atoms with E-state index in [-0.39, 0.29) is 6.04 Å². The van der Waals surface area contributed by atoms with Crippen molar-refractivity contribution < 1.29 is 13.2 Å². The smallest absolute Gasteiger partial charge is 0.378 e. The van der Waals surface area contributed by atoms with Crippen molar-refractivity contribution in [3.63, 3.8) is 0 Å². The van der Waals surface area contributed by atoms with Crippen LogP contribution in [0.3, 0.4) is 0 Å². The van der Waals surface area contributed by atoms with Crippen molar-refractivity contribution in [2.75, 3.05) is 63.2 Å². The van der Waals surface area contributed by atoms with Crippen LogP contribution in [0.4, 0.5) is 24.5 Å². The Morgan fingerprint density at radius 1 is 0.833 bits per heavy atom. The van der Waals surface area contributed by atoms with E-state index in [9.17, 15) is 13.2 Å². The second-order valence-electron chi connectivity index (χ2n) is 9.51. The quantitative estimate of drug-likeness (QED) is 0.397. The molecular formula is C29H35F3N4. The summed E-state index contributed by atoms with van der Waals surface area (Å²) < 4.78 is 39.4. The summed E-state index contributed by atoms with van der Waals surface area (Å²) in [6.07, 6.45) is -3.43. The number of para-hydroxylation sites is 1. The highest BCUT2D eigenvalue weighted by Crippen LogP contribution is 2.31. The van der Waals surface area contributed by atoms with Gasteiger partial charge in [-0.3, -0.25) is 4.90 Å². The molecule has 192 valence electrons. The first-order valence-corrected chi connectivity index (χ1v) is 12.5. The number of hydrogen-bond donors (Lipinski definition) is 1. The lowest BCUT2D eigenvalue weighted by molar-refractivity contribution is -0.137. The fourth-order valence-electron chi connectivity index (χ4n) is 4.71. The Morgan fingerprint density at radius 2 is 1.47 bits per heavy atom. The van der Waals surface area contributed by atoms with Crippen molar-refractivity contribution in [1.29, 1.82) is 0 Å². The first-order chi connectivity index (χ1) is 17.3. The van der Waals surface area contributed by atoms with Gasteiger partial charge in [-0.15, -0.1) is 0 Å². The average molecular weight is 497 g/mol. The lowest BCUT2D eigenvalue weighted by Gasteiger charge is -2.40. The van der Waals surface area contributed by atoms with E-state index in [0.717, 1.165) is 44.7 Å². The number of nitrogens with zero attached hydrogens (tertiary/aromatic N) is 3. The molecule has 1 heterocycles. The molecule has 0 aromatic heterocycles. The van der Waals surface area contributed by atoms with Crippen molar-refractivity contribution in [3.8, 4) is 0 Å². The summed E-state index contributed by atoms with van der Waals surface area (Å²) in [7, 11) is 4.05. The van der Waals surface area contributed by atoms with Gasteiger partial charge in [0.15, 0.2) is 0 Å². The van der Waals surface area contributed by atoms with E-state index < -0.39 is 11.7 Å². The van der Waals surface area contributed by atoms with Crippen molar-refractivity contribution in [3.05, 3.63) is 95.6 Å². The molecule has 1 N–H and O–H groups in total. The van der Waals surface area contributed by atoms with Crippen LogP contribution in [0, 0.1) is 0 Å². The zero-order valence-corrected chi connectivity index (χ0v) is 21.0. The van der Waals surface area contributed by atoms with Gasteiger partial charge in [-0.25, -0.2) is 0 Å². The Hall–Kier alpha value is -3.03. The lowest BCUT2D eigenvalue weighted by Crippen LogP contribution is -2.49. The summed E-state index contributed by atoms with van der Waals surface area (Å²) in [6.45, 7) is 4.98. The Labute approximate surface area is 212 Å². The fraction of sp³-hybridized carbons (Fsp3) is 0.379. The third kappa shape index (κ3) is 6.80. The normalized spacial score (nSPS) is 15.6. The number of hydrogen-bond acceptors (Lipinski definition) is 4. The Kier molecular flexibility index (Phi) is 8.54. The molecule has 0 saturated carbocycles. The Balaban J connectivity index is 1.39. The summed E-state index contributed by atoms with van der Waals surface area (Å²) in [6, 6.07) is 24.6. The molecule has 0 radical (unpaired) electrons. The second-order valence-corrected chi connectivity index (χ2v) is 9.51. The molecule has 3 aromatic carbocycles. The van der Waals surface area contributed by atoms with Gasteiger partial charge < -0.3 is 15.1 Å². The van der Waals surface area contributed by atoms with E-state index in [2.05, 4.69) is 56.4 Å². The van der Waals surface area contributed by atoms with E-state index in [1.807, 2.05) is 32.3 Å². The standard InChI is InChI=1S/C29H35F3N4/c1-34(2)26-14-8-23(9-15-26)16-17-33-22-28(24-10-12-25(13-11-24)29(30,31)32)36-20-18-35(19-21-36)27-6-4-3-5-7-27/h3-15,28,33H,16-22H2,1-2H3. The number of anilines is 2. The monoisotopic (exact) mass is 496 g/mol. The van der Waals surface area contributed by atoms with Crippen LogP contribution in [-0.2, 0) is 12.6 Å². The van der Waals surface area contributed by atoms with Crippen LogP contribution in [0.15, 0.2) is 78.9 Å². The predicted octanol–water partition coefficient (Wildman–Crippen LogP) is 5.47. The largest absolute Gasteiger partial charge is 0.416 e. The van der Waals surface area contributed by atoms with Gasteiger partial charge in [0.25, 0.3) is 0 Å². The van der Waals surface area contributed by atoms with E-state index in [0.29, 0.717) is 6.54 Å². The van der Waals surface area contributed by atoms with Gasteiger partial charge in [-0.1, -0.05) is 42.5 Å². The Bertz CT molecular complexity index is 1060. The number of alkyl halides is 3. The molecule has 0 spiro atoms. The van der Waals surface area contributed by atoms with Gasteiger partial charge in [0, 0.05) is 64.2 Å². The third-order valence-corrected chi connectivity index (χ3v) is 6.88. The van der Waals surface area contributed by atoms with E-state index in [1.54, 1.807) is 12.1 Å². The van der Waals surface area contributed by atoms with Crippen LogP contribution in [0.25, 0.3) is 0 Å². The minimum atomic E-state index is -4.32. The Morgan fingerprint density at radius 3 is 2.06 bits per heavy atom. The van der Waals surface area contributed by atoms with Crippen molar-refractivity contribution in [2.45, 2.75) is 18.6 Å². The highest BCUT2D eigenvalue weighted by Gasteiger charge is 2.31. The molecule has 0 bridgehead atoms. The number of rotatable bonds is 9. The molecule has 1 unspecified atom stereocenters. The SMILES string of the molecule is CN(C)c1ccc(CCNCC(c2ccc(C(F)(F)F)cc2)N2CCN(c3ccccc3)CC2)cc1. The van der Waals surface area contributed by atoms with Crippen molar-refractivity contribution in [2.24, 2.45) is 0 Å². The van der Waals surface area contributed by atoms with Crippen molar-refractivity contribution in [1.82, 2.24) is 10.2 Å².